The van der Waals surface area contributed by atoms with Crippen molar-refractivity contribution in [2.45, 2.75) is 6.92 Å². The highest BCUT2D eigenvalue weighted by molar-refractivity contribution is 5.98. The van der Waals surface area contributed by atoms with Crippen LogP contribution in [0.4, 0.5) is 0 Å². The Bertz CT molecular complexity index is 748. The van der Waals surface area contributed by atoms with Crippen molar-refractivity contribution in [2.24, 2.45) is 0 Å². The van der Waals surface area contributed by atoms with Gasteiger partial charge in [-0.15, -0.1) is 0 Å². The molecule has 0 aliphatic carbocycles. The van der Waals surface area contributed by atoms with Crippen LogP contribution in [0.5, 0.6) is 0 Å². The number of rotatable bonds is 3. The minimum atomic E-state index is -0.322. The Morgan fingerprint density at radius 3 is 2.85 bits per heavy atom. The Labute approximate surface area is 116 Å². The van der Waals surface area contributed by atoms with Gasteiger partial charge >= 0.3 is 5.97 Å². The summed E-state index contributed by atoms with van der Waals surface area (Å²) in [5, 5.41) is 0. The zero-order valence-corrected chi connectivity index (χ0v) is 11.1. The Morgan fingerprint density at radius 1 is 1.25 bits per heavy atom. The average Bonchev–Trinajstić information content (AvgIpc) is 2.88. The van der Waals surface area contributed by atoms with E-state index in [2.05, 4.69) is 4.98 Å². The number of aromatic nitrogens is 2. The van der Waals surface area contributed by atoms with Gasteiger partial charge in [-0.2, -0.15) is 0 Å². The topological polar surface area (TPSA) is 43.6 Å². The molecule has 0 fully saturated rings. The molecule has 3 rings (SSSR count). The average molecular weight is 266 g/mol. The summed E-state index contributed by atoms with van der Waals surface area (Å²) < 4.78 is 7.09. The highest BCUT2D eigenvalue weighted by Gasteiger charge is 2.19. The molecular formula is C16H14N2O2. The van der Waals surface area contributed by atoms with Gasteiger partial charge in [0.1, 0.15) is 0 Å². The van der Waals surface area contributed by atoms with E-state index in [0.717, 1.165) is 16.9 Å². The lowest BCUT2D eigenvalue weighted by Crippen LogP contribution is -2.06. The second-order valence-electron chi connectivity index (χ2n) is 4.34. The Balaban J connectivity index is 2.26. The first-order valence-corrected chi connectivity index (χ1v) is 6.50. The second kappa shape index (κ2) is 5.17. The van der Waals surface area contributed by atoms with E-state index in [1.54, 1.807) is 13.1 Å². The Kier molecular flexibility index (Phi) is 3.21. The van der Waals surface area contributed by atoms with E-state index in [4.69, 9.17) is 4.74 Å². The molecule has 0 unspecified atom stereocenters. The van der Waals surface area contributed by atoms with Crippen molar-refractivity contribution < 1.29 is 9.53 Å². The standard InChI is InChI=1S/C16H14N2O2/c1-2-20-16(19)13-11-12-7-4-6-10-18(12)15(13)14-8-3-5-9-17-14/h3-11H,2H2,1H3. The number of ether oxygens (including phenoxy) is 1. The van der Waals surface area contributed by atoms with Gasteiger partial charge in [-0.3, -0.25) is 4.98 Å². The first-order valence-electron chi connectivity index (χ1n) is 6.50. The molecule has 0 N–H and O–H groups in total. The number of hydrogen-bond donors (Lipinski definition) is 0. The Hall–Kier alpha value is -2.62. The molecule has 100 valence electrons. The number of esters is 1. The molecule has 3 aromatic rings. The number of hydrogen-bond acceptors (Lipinski definition) is 3. The van der Waals surface area contributed by atoms with Crippen LogP contribution < -0.4 is 0 Å². The lowest BCUT2D eigenvalue weighted by Gasteiger charge is -2.05. The molecule has 3 heterocycles. The van der Waals surface area contributed by atoms with Crippen LogP contribution >= 0.6 is 0 Å². The molecule has 0 saturated heterocycles. The van der Waals surface area contributed by atoms with E-state index in [9.17, 15) is 4.79 Å². The molecule has 0 atom stereocenters. The number of fused-ring (bicyclic) bond motifs is 1. The van der Waals surface area contributed by atoms with Crippen molar-refractivity contribution in [1.82, 2.24) is 9.38 Å². The van der Waals surface area contributed by atoms with Crippen LogP contribution in [0.3, 0.4) is 0 Å². The zero-order valence-electron chi connectivity index (χ0n) is 11.1. The van der Waals surface area contributed by atoms with Crippen molar-refractivity contribution >= 4 is 11.5 Å². The van der Waals surface area contributed by atoms with Gasteiger partial charge in [0.15, 0.2) is 0 Å². The quantitative estimate of drug-likeness (QED) is 0.684. The molecule has 4 heteroatoms. The van der Waals surface area contributed by atoms with E-state index in [1.807, 2.05) is 53.1 Å². The van der Waals surface area contributed by atoms with Crippen LogP contribution in [-0.2, 0) is 4.74 Å². The van der Waals surface area contributed by atoms with Crippen LogP contribution in [0.25, 0.3) is 16.9 Å². The molecule has 0 aliphatic rings. The summed E-state index contributed by atoms with van der Waals surface area (Å²) in [6.45, 7) is 2.15. The van der Waals surface area contributed by atoms with Gasteiger partial charge in [0.05, 0.1) is 23.6 Å². The highest BCUT2D eigenvalue weighted by Crippen LogP contribution is 2.26. The SMILES string of the molecule is CCOC(=O)c1cc2ccccn2c1-c1ccccn1. The normalized spacial score (nSPS) is 10.7. The summed E-state index contributed by atoms with van der Waals surface area (Å²) in [5.74, 6) is -0.322. The first kappa shape index (κ1) is 12.4. The fourth-order valence-electron chi connectivity index (χ4n) is 2.25. The Morgan fingerprint density at radius 2 is 2.10 bits per heavy atom. The van der Waals surface area contributed by atoms with Crippen LogP contribution in [0.15, 0.2) is 54.9 Å². The lowest BCUT2D eigenvalue weighted by molar-refractivity contribution is 0.0527. The summed E-state index contributed by atoms with van der Waals surface area (Å²) in [5.41, 5.74) is 2.99. The first-order chi connectivity index (χ1) is 9.81. The lowest BCUT2D eigenvalue weighted by atomic mass is 10.2. The van der Waals surface area contributed by atoms with Crippen molar-refractivity contribution in [2.75, 3.05) is 6.61 Å². The number of pyridine rings is 2. The van der Waals surface area contributed by atoms with Crippen LogP contribution in [0.2, 0.25) is 0 Å². The molecule has 0 radical (unpaired) electrons. The third kappa shape index (κ3) is 2.05. The predicted molar refractivity (Wildman–Crippen MR) is 76.6 cm³/mol. The summed E-state index contributed by atoms with van der Waals surface area (Å²) in [6.07, 6.45) is 3.63. The summed E-state index contributed by atoms with van der Waals surface area (Å²) in [4.78, 5) is 16.5. The van der Waals surface area contributed by atoms with Gasteiger partial charge in [0.2, 0.25) is 0 Å². The fraction of sp³-hybridized carbons (Fsp3) is 0.125. The summed E-state index contributed by atoms with van der Waals surface area (Å²) >= 11 is 0. The maximum Gasteiger partial charge on any atom is 0.340 e. The molecule has 0 spiro atoms. The molecule has 0 amide bonds. The highest BCUT2D eigenvalue weighted by atomic mass is 16.5. The molecule has 0 aliphatic heterocycles. The maximum absolute atomic E-state index is 12.1. The zero-order chi connectivity index (χ0) is 13.9. The van der Waals surface area contributed by atoms with Gasteiger partial charge in [-0.1, -0.05) is 12.1 Å². The van der Waals surface area contributed by atoms with E-state index in [0.29, 0.717) is 12.2 Å². The van der Waals surface area contributed by atoms with E-state index < -0.39 is 0 Å². The minimum absolute atomic E-state index is 0.322. The van der Waals surface area contributed by atoms with Crippen molar-refractivity contribution in [1.29, 1.82) is 0 Å². The number of carbonyl (C=O) groups excluding carboxylic acids is 1. The van der Waals surface area contributed by atoms with Crippen LogP contribution in [0, 0.1) is 0 Å². The molecular weight excluding hydrogens is 252 g/mol. The van der Waals surface area contributed by atoms with Crippen molar-refractivity contribution in [3.05, 3.63) is 60.4 Å². The third-order valence-corrected chi connectivity index (χ3v) is 3.08. The van der Waals surface area contributed by atoms with Crippen LogP contribution in [0.1, 0.15) is 17.3 Å². The fourth-order valence-corrected chi connectivity index (χ4v) is 2.25. The minimum Gasteiger partial charge on any atom is -0.462 e. The van der Waals surface area contributed by atoms with Gasteiger partial charge in [0.25, 0.3) is 0 Å². The van der Waals surface area contributed by atoms with E-state index in [-0.39, 0.29) is 5.97 Å². The number of carbonyl (C=O) groups is 1. The molecule has 3 aromatic heterocycles. The monoisotopic (exact) mass is 266 g/mol. The van der Waals surface area contributed by atoms with Crippen molar-refractivity contribution in [3.63, 3.8) is 0 Å². The van der Waals surface area contributed by atoms with Crippen molar-refractivity contribution in [3.8, 4) is 11.4 Å². The van der Waals surface area contributed by atoms with E-state index in [1.165, 1.54) is 0 Å². The smallest absolute Gasteiger partial charge is 0.340 e. The molecule has 0 saturated carbocycles. The number of nitrogens with zero attached hydrogens (tertiary/aromatic N) is 2. The largest absolute Gasteiger partial charge is 0.462 e. The molecule has 20 heavy (non-hydrogen) atoms. The third-order valence-electron chi connectivity index (χ3n) is 3.08. The maximum atomic E-state index is 12.1. The van der Waals surface area contributed by atoms with Crippen LogP contribution in [-0.4, -0.2) is 22.0 Å². The molecule has 4 nitrogen and oxygen atoms in total. The summed E-state index contributed by atoms with van der Waals surface area (Å²) in [7, 11) is 0. The van der Waals surface area contributed by atoms with E-state index >= 15 is 0 Å². The molecule has 0 bridgehead atoms. The second-order valence-corrected chi connectivity index (χ2v) is 4.34. The van der Waals surface area contributed by atoms with Gasteiger partial charge in [0, 0.05) is 17.9 Å². The van der Waals surface area contributed by atoms with Gasteiger partial charge in [-0.25, -0.2) is 4.79 Å². The van der Waals surface area contributed by atoms with Gasteiger partial charge < -0.3 is 9.14 Å². The van der Waals surface area contributed by atoms with Gasteiger partial charge in [-0.05, 0) is 37.3 Å². The molecule has 0 aromatic carbocycles. The predicted octanol–water partition coefficient (Wildman–Crippen LogP) is 3.18. The summed E-state index contributed by atoms with van der Waals surface area (Å²) in [6, 6.07) is 13.3.